The Bertz CT molecular complexity index is 846. The van der Waals surface area contributed by atoms with Crippen LogP contribution < -0.4 is 4.90 Å². The molecule has 0 saturated carbocycles. The molecule has 1 atom stereocenters. The molecule has 0 spiro atoms. The second-order valence-electron chi connectivity index (χ2n) is 7.38. The largest absolute Gasteiger partial charge is 0.435 e. The first-order valence-electron chi connectivity index (χ1n) is 9.35. The zero-order chi connectivity index (χ0) is 20.5. The van der Waals surface area contributed by atoms with Gasteiger partial charge in [-0.15, -0.1) is 0 Å². The number of fused-ring (bicyclic) bond motifs is 1. The van der Waals surface area contributed by atoms with Crippen LogP contribution in [0, 0.1) is 0 Å². The standard InChI is InChI=1S/C20H25F3N4O/c1-14-8-9-15-6-4-5-7-17(15)27(14)11-10-18(28)25(2)12-16-13-26(3)24-19(16)20(21,22)23/h4-7,13-14H,8-12H2,1-3H3. The van der Waals surface area contributed by atoms with Crippen molar-refractivity contribution in [1.29, 1.82) is 0 Å². The molecule has 0 bridgehead atoms. The molecule has 1 amide bonds. The molecule has 28 heavy (non-hydrogen) atoms. The van der Waals surface area contributed by atoms with Crippen LogP contribution in [0.5, 0.6) is 0 Å². The van der Waals surface area contributed by atoms with Gasteiger partial charge < -0.3 is 9.80 Å². The van der Waals surface area contributed by atoms with Crippen molar-refractivity contribution >= 4 is 11.6 Å². The summed E-state index contributed by atoms with van der Waals surface area (Å²) >= 11 is 0. The summed E-state index contributed by atoms with van der Waals surface area (Å²) in [5.41, 5.74) is 1.48. The van der Waals surface area contributed by atoms with Gasteiger partial charge >= 0.3 is 6.18 Å². The van der Waals surface area contributed by atoms with Gasteiger partial charge in [0.2, 0.25) is 5.91 Å². The lowest BCUT2D eigenvalue weighted by atomic mass is 9.96. The van der Waals surface area contributed by atoms with E-state index < -0.39 is 11.9 Å². The van der Waals surface area contributed by atoms with Crippen molar-refractivity contribution in [2.45, 2.75) is 44.9 Å². The van der Waals surface area contributed by atoms with E-state index in [0.717, 1.165) is 23.2 Å². The summed E-state index contributed by atoms with van der Waals surface area (Å²) in [6, 6.07) is 8.48. The maximum absolute atomic E-state index is 13.1. The topological polar surface area (TPSA) is 41.4 Å². The van der Waals surface area contributed by atoms with Crippen molar-refractivity contribution in [2.75, 3.05) is 18.5 Å². The highest BCUT2D eigenvalue weighted by Gasteiger charge is 2.37. The Balaban J connectivity index is 1.65. The Labute approximate surface area is 162 Å². The zero-order valence-electron chi connectivity index (χ0n) is 16.3. The number of nitrogens with zero attached hydrogens (tertiary/aromatic N) is 4. The summed E-state index contributed by atoms with van der Waals surface area (Å²) in [6.45, 7) is 2.56. The van der Waals surface area contributed by atoms with Crippen molar-refractivity contribution in [2.24, 2.45) is 7.05 Å². The van der Waals surface area contributed by atoms with Gasteiger partial charge in [0.15, 0.2) is 5.69 Å². The summed E-state index contributed by atoms with van der Waals surface area (Å²) in [6.07, 6.45) is -0.936. The first-order chi connectivity index (χ1) is 13.2. The van der Waals surface area contributed by atoms with Crippen LogP contribution in [-0.2, 0) is 31.0 Å². The fourth-order valence-electron chi connectivity index (χ4n) is 3.74. The van der Waals surface area contributed by atoms with Gasteiger partial charge in [-0.25, -0.2) is 0 Å². The van der Waals surface area contributed by atoms with Gasteiger partial charge in [-0.2, -0.15) is 18.3 Å². The monoisotopic (exact) mass is 394 g/mol. The number of alkyl halides is 3. The summed E-state index contributed by atoms with van der Waals surface area (Å²) in [7, 11) is 2.97. The van der Waals surface area contributed by atoms with E-state index in [-0.39, 0.29) is 24.4 Å². The average Bonchev–Trinajstić information content (AvgIpc) is 3.01. The molecule has 1 aromatic heterocycles. The molecule has 1 aromatic carbocycles. The SMILES string of the molecule is CC1CCc2ccccc2N1CCC(=O)N(C)Cc1cn(C)nc1C(F)(F)F. The molecule has 5 nitrogen and oxygen atoms in total. The second-order valence-corrected chi connectivity index (χ2v) is 7.38. The highest BCUT2D eigenvalue weighted by Crippen LogP contribution is 2.32. The van der Waals surface area contributed by atoms with Crippen LogP contribution in [0.4, 0.5) is 18.9 Å². The number of rotatable bonds is 5. The molecule has 0 aliphatic carbocycles. The number of halogens is 3. The molecular formula is C20H25F3N4O. The second kappa shape index (κ2) is 7.85. The molecule has 1 aliphatic heterocycles. The first kappa shape index (κ1) is 20.2. The smallest absolute Gasteiger partial charge is 0.368 e. The van der Waals surface area contributed by atoms with Crippen LogP contribution >= 0.6 is 0 Å². The van der Waals surface area contributed by atoms with Crippen molar-refractivity contribution in [3.63, 3.8) is 0 Å². The molecule has 152 valence electrons. The lowest BCUT2D eigenvalue weighted by molar-refractivity contribution is -0.143. The predicted octanol–water partition coefficient (Wildman–Crippen LogP) is 3.63. The van der Waals surface area contributed by atoms with Crippen LogP contribution in [0.2, 0.25) is 0 Å². The number of carbonyl (C=O) groups is 1. The minimum atomic E-state index is -4.53. The normalized spacial score (nSPS) is 16.8. The van der Waals surface area contributed by atoms with Crippen molar-refractivity contribution in [1.82, 2.24) is 14.7 Å². The fourth-order valence-corrected chi connectivity index (χ4v) is 3.74. The number of hydrogen-bond donors (Lipinski definition) is 0. The van der Waals surface area contributed by atoms with E-state index in [0.29, 0.717) is 12.6 Å². The van der Waals surface area contributed by atoms with Crippen LogP contribution in [0.25, 0.3) is 0 Å². The summed E-state index contributed by atoms with van der Waals surface area (Å²) in [5.74, 6) is -0.188. The molecule has 1 unspecified atom stereocenters. The summed E-state index contributed by atoms with van der Waals surface area (Å²) < 4.78 is 40.4. The fraction of sp³-hybridized carbons (Fsp3) is 0.500. The number of anilines is 1. The number of carbonyl (C=O) groups excluding carboxylic acids is 1. The molecule has 3 rings (SSSR count). The van der Waals surface area contributed by atoms with Crippen LogP contribution in [0.1, 0.15) is 36.6 Å². The van der Waals surface area contributed by atoms with Crippen LogP contribution in [-0.4, -0.2) is 40.2 Å². The molecule has 8 heteroatoms. The number of aryl methyl sites for hydroxylation is 2. The van der Waals surface area contributed by atoms with Gasteiger partial charge in [-0.3, -0.25) is 9.48 Å². The third-order valence-corrected chi connectivity index (χ3v) is 5.24. The first-order valence-corrected chi connectivity index (χ1v) is 9.35. The van der Waals surface area contributed by atoms with E-state index in [1.54, 1.807) is 0 Å². The van der Waals surface area contributed by atoms with Crippen LogP contribution in [0.3, 0.4) is 0 Å². The Kier molecular flexibility index (Phi) is 5.67. The van der Waals surface area contributed by atoms with Gasteiger partial charge in [0.25, 0.3) is 0 Å². The molecule has 1 aliphatic rings. The maximum Gasteiger partial charge on any atom is 0.435 e. The van der Waals surface area contributed by atoms with Crippen LogP contribution in [0.15, 0.2) is 30.5 Å². The van der Waals surface area contributed by atoms with Gasteiger partial charge in [-0.05, 0) is 31.4 Å². The minimum Gasteiger partial charge on any atom is -0.368 e. The predicted molar refractivity (Wildman–Crippen MR) is 101 cm³/mol. The number of benzene rings is 1. The minimum absolute atomic E-state index is 0.00235. The molecule has 0 saturated heterocycles. The Hall–Kier alpha value is -2.51. The highest BCUT2D eigenvalue weighted by molar-refractivity contribution is 5.76. The third-order valence-electron chi connectivity index (χ3n) is 5.24. The van der Waals surface area contributed by atoms with Crippen molar-refractivity contribution < 1.29 is 18.0 Å². The maximum atomic E-state index is 13.1. The van der Waals surface area contributed by atoms with Crippen molar-refractivity contribution in [3.05, 3.63) is 47.3 Å². The van der Waals surface area contributed by atoms with E-state index in [1.807, 2.05) is 12.1 Å². The number of amides is 1. The quantitative estimate of drug-likeness (QED) is 0.778. The molecular weight excluding hydrogens is 369 g/mol. The van der Waals surface area contributed by atoms with Gasteiger partial charge in [0, 0.05) is 57.1 Å². The zero-order valence-corrected chi connectivity index (χ0v) is 16.3. The summed E-state index contributed by atoms with van der Waals surface area (Å²) in [4.78, 5) is 16.1. The van der Waals surface area contributed by atoms with E-state index in [2.05, 4.69) is 29.1 Å². The molecule has 2 heterocycles. The number of hydrogen-bond acceptors (Lipinski definition) is 3. The van der Waals surface area contributed by atoms with Gasteiger partial charge in [0.05, 0.1) is 0 Å². The van der Waals surface area contributed by atoms with Gasteiger partial charge in [-0.1, -0.05) is 18.2 Å². The summed E-state index contributed by atoms with van der Waals surface area (Å²) in [5, 5.41) is 3.49. The van der Waals surface area contributed by atoms with Crippen molar-refractivity contribution in [3.8, 4) is 0 Å². The lowest BCUT2D eigenvalue weighted by Gasteiger charge is -2.37. The highest BCUT2D eigenvalue weighted by atomic mass is 19.4. The molecule has 0 N–H and O–H groups in total. The van der Waals surface area contributed by atoms with Gasteiger partial charge in [0.1, 0.15) is 0 Å². The Morgan fingerprint density at radius 1 is 1.32 bits per heavy atom. The number of aromatic nitrogens is 2. The molecule has 2 aromatic rings. The number of para-hydroxylation sites is 1. The molecule has 0 fully saturated rings. The Morgan fingerprint density at radius 3 is 2.75 bits per heavy atom. The van der Waals surface area contributed by atoms with E-state index in [4.69, 9.17) is 0 Å². The van der Waals surface area contributed by atoms with E-state index in [1.165, 1.54) is 30.8 Å². The average molecular weight is 394 g/mol. The van der Waals surface area contributed by atoms with E-state index in [9.17, 15) is 18.0 Å². The molecule has 0 radical (unpaired) electrons. The lowest BCUT2D eigenvalue weighted by Crippen LogP contribution is -2.40. The Morgan fingerprint density at radius 2 is 2.04 bits per heavy atom. The van der Waals surface area contributed by atoms with E-state index >= 15 is 0 Å². The third kappa shape index (κ3) is 4.31.